The first-order chi connectivity index (χ1) is 21.9. The number of amides is 2. The smallest absolute Gasteiger partial charge is 0.410 e. The van der Waals surface area contributed by atoms with Gasteiger partial charge in [0, 0.05) is 5.56 Å². The van der Waals surface area contributed by atoms with Gasteiger partial charge in [0.1, 0.15) is 5.60 Å². The number of ether oxygens (including phenoxy) is 2. The number of halogens is 3. The van der Waals surface area contributed by atoms with Gasteiger partial charge in [0.25, 0.3) is 14.2 Å². The van der Waals surface area contributed by atoms with Crippen molar-refractivity contribution in [2.75, 3.05) is 19.8 Å². The summed E-state index contributed by atoms with van der Waals surface area (Å²) in [5.74, 6) is -2.94. The van der Waals surface area contributed by atoms with Gasteiger partial charge in [-0.1, -0.05) is 99.1 Å². The Bertz CT molecular complexity index is 1520. The molecule has 254 valence electrons. The molecule has 3 aromatic carbocycles. The molecule has 0 radical (unpaired) electrons. The van der Waals surface area contributed by atoms with Crippen LogP contribution in [0.2, 0.25) is 10.1 Å². The summed E-state index contributed by atoms with van der Waals surface area (Å²) < 4.78 is 48.0. The lowest BCUT2D eigenvalue weighted by Gasteiger charge is -2.46. The van der Waals surface area contributed by atoms with E-state index >= 15 is 0 Å². The summed E-state index contributed by atoms with van der Waals surface area (Å²) in [5, 5.41) is 4.27. The van der Waals surface area contributed by atoms with E-state index < -0.39 is 55.2 Å². The largest absolute Gasteiger partial charge is 0.444 e. The van der Waals surface area contributed by atoms with Crippen LogP contribution in [0.3, 0.4) is 0 Å². The van der Waals surface area contributed by atoms with E-state index in [-0.39, 0.29) is 35.4 Å². The van der Waals surface area contributed by atoms with Gasteiger partial charge in [-0.15, -0.1) is 0 Å². The summed E-state index contributed by atoms with van der Waals surface area (Å²) in [6.45, 7) is 14.9. The van der Waals surface area contributed by atoms with Crippen LogP contribution < -0.4 is 15.7 Å². The number of carbonyl (C=O) groups is 2. The summed E-state index contributed by atoms with van der Waals surface area (Å²) in [6.07, 6.45) is -1.72. The minimum absolute atomic E-state index is 0.0140. The van der Waals surface area contributed by atoms with E-state index in [1.54, 1.807) is 34.6 Å². The normalized spacial score (nSPS) is 17.7. The van der Waals surface area contributed by atoms with Gasteiger partial charge in [0.05, 0.1) is 36.4 Å². The highest BCUT2D eigenvalue weighted by atomic mass is 35.5. The Morgan fingerprint density at radius 2 is 1.45 bits per heavy atom. The van der Waals surface area contributed by atoms with E-state index in [0.717, 1.165) is 10.4 Å². The van der Waals surface area contributed by atoms with E-state index in [1.807, 2.05) is 36.4 Å². The zero-order valence-corrected chi connectivity index (χ0v) is 30.1. The molecule has 1 fully saturated rings. The van der Waals surface area contributed by atoms with Gasteiger partial charge in [0.2, 0.25) is 0 Å². The van der Waals surface area contributed by atoms with Crippen molar-refractivity contribution in [1.29, 1.82) is 0 Å². The molecule has 1 saturated heterocycles. The SMILES string of the molecule is CC(C)(C)OC(=O)N1C[C@@H](C(=O)NC(C)(C)c2ccc(Cl)c(F)c2F)OC[C@H]1CO[Si](c1ccccc1)(c1ccccc1)C(C)(C)C. The maximum Gasteiger partial charge on any atom is 0.410 e. The molecule has 7 nitrogen and oxygen atoms in total. The zero-order valence-electron chi connectivity index (χ0n) is 28.3. The van der Waals surface area contributed by atoms with Crippen molar-refractivity contribution in [2.45, 2.75) is 83.7 Å². The minimum Gasteiger partial charge on any atom is -0.444 e. The van der Waals surface area contributed by atoms with Crippen molar-refractivity contribution in [3.05, 3.63) is 95.0 Å². The van der Waals surface area contributed by atoms with Gasteiger partial charge in [0.15, 0.2) is 17.7 Å². The molecule has 2 atom stereocenters. The molecule has 0 saturated carbocycles. The number of nitrogens with zero attached hydrogens (tertiary/aromatic N) is 1. The molecule has 1 aliphatic heterocycles. The Balaban J connectivity index is 1.63. The van der Waals surface area contributed by atoms with Crippen LogP contribution in [0.25, 0.3) is 0 Å². The van der Waals surface area contributed by atoms with Gasteiger partial charge >= 0.3 is 6.09 Å². The fourth-order valence-electron chi connectivity index (χ4n) is 5.99. The predicted molar refractivity (Wildman–Crippen MR) is 183 cm³/mol. The highest BCUT2D eigenvalue weighted by Gasteiger charge is 2.51. The van der Waals surface area contributed by atoms with Gasteiger partial charge in [-0.3, -0.25) is 9.69 Å². The molecule has 3 aromatic rings. The number of morpholine rings is 1. The molecule has 2 amide bonds. The van der Waals surface area contributed by atoms with Gasteiger partial charge in [-0.2, -0.15) is 0 Å². The van der Waals surface area contributed by atoms with Crippen molar-refractivity contribution in [1.82, 2.24) is 10.2 Å². The average Bonchev–Trinajstić information content (AvgIpc) is 2.99. The Kier molecular flexibility index (Phi) is 10.9. The molecule has 0 aliphatic carbocycles. The van der Waals surface area contributed by atoms with Crippen LogP contribution in [0, 0.1) is 11.6 Å². The number of hydrogen-bond acceptors (Lipinski definition) is 5. The van der Waals surface area contributed by atoms with Gasteiger partial charge < -0.3 is 19.2 Å². The summed E-state index contributed by atoms with van der Waals surface area (Å²) in [5.41, 5.74) is -2.20. The topological polar surface area (TPSA) is 77.1 Å². The van der Waals surface area contributed by atoms with Crippen molar-refractivity contribution >= 4 is 42.3 Å². The number of nitrogens with one attached hydrogen (secondary N) is 1. The third-order valence-corrected chi connectivity index (χ3v) is 13.6. The molecular formula is C36H45ClF2N2O5Si. The van der Waals surface area contributed by atoms with E-state index in [1.165, 1.54) is 17.0 Å². The maximum atomic E-state index is 14.8. The molecule has 47 heavy (non-hydrogen) atoms. The third-order valence-electron chi connectivity index (χ3n) is 8.27. The minimum atomic E-state index is -2.96. The fraction of sp³-hybridized carbons (Fsp3) is 0.444. The Morgan fingerprint density at radius 3 is 1.96 bits per heavy atom. The lowest BCUT2D eigenvalue weighted by molar-refractivity contribution is -0.144. The van der Waals surface area contributed by atoms with Crippen molar-refractivity contribution in [2.24, 2.45) is 0 Å². The first-order valence-electron chi connectivity index (χ1n) is 15.7. The van der Waals surface area contributed by atoms with Crippen LogP contribution >= 0.6 is 11.6 Å². The van der Waals surface area contributed by atoms with Crippen molar-refractivity contribution in [3.63, 3.8) is 0 Å². The van der Waals surface area contributed by atoms with Crippen LogP contribution in [0.4, 0.5) is 13.6 Å². The van der Waals surface area contributed by atoms with Crippen LogP contribution in [0.1, 0.15) is 61.0 Å². The maximum absolute atomic E-state index is 14.8. The number of benzene rings is 3. The zero-order chi connectivity index (χ0) is 34.8. The van der Waals surface area contributed by atoms with Gasteiger partial charge in [-0.25, -0.2) is 13.6 Å². The molecule has 1 heterocycles. The fourth-order valence-corrected chi connectivity index (χ4v) is 10.7. The van der Waals surface area contributed by atoms with Crippen LogP contribution in [0.5, 0.6) is 0 Å². The van der Waals surface area contributed by atoms with Crippen LogP contribution in [-0.4, -0.2) is 62.7 Å². The molecular weight excluding hydrogens is 642 g/mol. The molecule has 0 bridgehead atoms. The first kappa shape index (κ1) is 36.5. The molecule has 0 spiro atoms. The predicted octanol–water partition coefficient (Wildman–Crippen LogP) is 6.55. The van der Waals surface area contributed by atoms with Crippen molar-refractivity contribution < 1.29 is 32.3 Å². The first-order valence-corrected chi connectivity index (χ1v) is 18.0. The van der Waals surface area contributed by atoms with Gasteiger partial charge in [-0.05, 0) is 56.1 Å². The summed E-state index contributed by atoms with van der Waals surface area (Å²) in [4.78, 5) is 28.7. The lowest BCUT2D eigenvalue weighted by atomic mass is 9.93. The standard InChI is InChI=1S/C36H45ClF2N2O5Si/c1-34(2,3)46-33(43)41-21-29(32(42)40-36(7,8)27-19-20-28(37)31(39)30(27)38)44-22-24(41)23-45-47(35(4,5)6,25-15-11-9-12-16-25)26-17-13-10-14-18-26/h9-20,24,29H,21-23H2,1-8H3,(H,40,42)/t24-,29-/m0/s1. The quantitative estimate of drug-likeness (QED) is 0.215. The number of hydrogen-bond donors (Lipinski definition) is 1. The molecule has 11 heteroatoms. The monoisotopic (exact) mass is 686 g/mol. The van der Waals surface area contributed by atoms with E-state index in [9.17, 15) is 18.4 Å². The highest BCUT2D eigenvalue weighted by Crippen LogP contribution is 2.37. The summed E-state index contributed by atoms with van der Waals surface area (Å²) in [6, 6.07) is 22.3. The Morgan fingerprint density at radius 1 is 0.894 bits per heavy atom. The Labute approximate surface area is 282 Å². The molecule has 0 unspecified atom stereocenters. The molecule has 4 rings (SSSR count). The molecule has 1 N–H and O–H groups in total. The second kappa shape index (κ2) is 14.0. The van der Waals surface area contributed by atoms with Crippen LogP contribution in [0.15, 0.2) is 72.8 Å². The summed E-state index contributed by atoms with van der Waals surface area (Å²) in [7, 11) is -2.96. The Hall–Kier alpha value is -3.31. The van der Waals surface area contributed by atoms with Crippen LogP contribution in [-0.2, 0) is 24.2 Å². The second-order valence-electron chi connectivity index (χ2n) is 14.4. The molecule has 1 aliphatic rings. The molecule has 0 aromatic heterocycles. The lowest BCUT2D eigenvalue weighted by Crippen LogP contribution is -2.68. The summed E-state index contributed by atoms with van der Waals surface area (Å²) >= 11 is 5.74. The second-order valence-corrected chi connectivity index (χ2v) is 19.1. The number of carbonyl (C=O) groups excluding carboxylic acids is 2. The third kappa shape index (κ3) is 8.05. The van der Waals surface area contributed by atoms with Crippen molar-refractivity contribution in [3.8, 4) is 0 Å². The highest BCUT2D eigenvalue weighted by molar-refractivity contribution is 6.99. The van der Waals surface area contributed by atoms with E-state index in [0.29, 0.717) is 0 Å². The number of rotatable bonds is 8. The average molecular weight is 687 g/mol. The van der Waals surface area contributed by atoms with E-state index in [2.05, 4.69) is 50.4 Å². The van der Waals surface area contributed by atoms with E-state index in [4.69, 9.17) is 25.5 Å².